The van der Waals surface area contributed by atoms with E-state index in [0.717, 1.165) is 51.7 Å². The molecule has 1 aliphatic rings. The van der Waals surface area contributed by atoms with Crippen LogP contribution >= 0.6 is 11.6 Å². The first-order valence-corrected chi connectivity index (χ1v) is 8.78. The van der Waals surface area contributed by atoms with Crippen LogP contribution in [-0.4, -0.2) is 57.4 Å². The molecule has 1 aliphatic heterocycles. The molecule has 0 radical (unpaired) electrons. The lowest BCUT2D eigenvalue weighted by atomic mass is 9.87. The first-order valence-electron chi connectivity index (χ1n) is 8.40. The maximum Gasteiger partial charge on any atom is 0.137 e. The van der Waals surface area contributed by atoms with Crippen molar-refractivity contribution in [2.75, 3.05) is 52.5 Å². The third kappa shape index (κ3) is 7.16. The SMILES string of the molecule is CC(C)(C)c1ccc(OCCNCCN2CCOCC2)c(Cl)c1.[Cl-]. The quantitative estimate of drug-likeness (QED) is 0.677. The van der Waals surface area contributed by atoms with Gasteiger partial charge in [-0.05, 0) is 23.1 Å². The van der Waals surface area contributed by atoms with E-state index in [0.29, 0.717) is 11.6 Å². The van der Waals surface area contributed by atoms with E-state index in [2.05, 4.69) is 37.1 Å². The molecular formula is C18H29Cl2N2O2-. The van der Waals surface area contributed by atoms with E-state index in [1.807, 2.05) is 12.1 Å². The third-order valence-electron chi connectivity index (χ3n) is 4.04. The Morgan fingerprint density at radius 2 is 1.92 bits per heavy atom. The summed E-state index contributed by atoms with van der Waals surface area (Å²) >= 11 is 6.31. The Kier molecular flexibility index (Phi) is 9.39. The molecule has 2 rings (SSSR count). The smallest absolute Gasteiger partial charge is 0.137 e. The number of rotatable bonds is 7. The predicted molar refractivity (Wildman–Crippen MR) is 95.8 cm³/mol. The molecule has 0 bridgehead atoms. The van der Waals surface area contributed by atoms with Crippen molar-refractivity contribution in [3.63, 3.8) is 0 Å². The lowest BCUT2D eigenvalue weighted by molar-refractivity contribution is -0.00000712. The second kappa shape index (κ2) is 10.5. The van der Waals surface area contributed by atoms with Gasteiger partial charge in [0.1, 0.15) is 12.4 Å². The number of halogens is 2. The van der Waals surface area contributed by atoms with E-state index in [-0.39, 0.29) is 17.8 Å². The average Bonchev–Trinajstić information content (AvgIpc) is 2.52. The van der Waals surface area contributed by atoms with E-state index >= 15 is 0 Å². The molecule has 1 fully saturated rings. The predicted octanol–water partition coefficient (Wildman–Crippen LogP) is -0.0579. The van der Waals surface area contributed by atoms with Crippen LogP contribution in [0.1, 0.15) is 26.3 Å². The van der Waals surface area contributed by atoms with Crippen LogP contribution in [0.3, 0.4) is 0 Å². The second-order valence-corrected chi connectivity index (χ2v) is 7.35. The Morgan fingerprint density at radius 1 is 1.21 bits per heavy atom. The van der Waals surface area contributed by atoms with Gasteiger partial charge in [-0.1, -0.05) is 38.4 Å². The molecule has 138 valence electrons. The molecule has 1 heterocycles. The topological polar surface area (TPSA) is 33.7 Å². The lowest BCUT2D eigenvalue weighted by Crippen LogP contribution is -3.00. The van der Waals surface area contributed by atoms with Crippen molar-refractivity contribution >= 4 is 11.6 Å². The molecule has 24 heavy (non-hydrogen) atoms. The Bertz CT molecular complexity index is 486. The van der Waals surface area contributed by atoms with Gasteiger partial charge >= 0.3 is 0 Å². The highest BCUT2D eigenvalue weighted by molar-refractivity contribution is 6.32. The van der Waals surface area contributed by atoms with Crippen molar-refractivity contribution in [3.8, 4) is 5.75 Å². The van der Waals surface area contributed by atoms with Crippen LogP contribution in [0.4, 0.5) is 0 Å². The summed E-state index contributed by atoms with van der Waals surface area (Å²) in [5.74, 6) is 0.759. The minimum atomic E-state index is 0. The summed E-state index contributed by atoms with van der Waals surface area (Å²) < 4.78 is 11.1. The standard InChI is InChI=1S/C18H29ClN2O2.ClH/c1-18(2,3)15-4-5-17(16(19)14-15)23-11-7-20-6-8-21-9-12-22-13-10-21;/h4-5,14,20H,6-13H2,1-3H3;1H/p-1. The van der Waals surface area contributed by atoms with E-state index in [4.69, 9.17) is 21.1 Å². The van der Waals surface area contributed by atoms with Gasteiger partial charge in [0, 0.05) is 32.7 Å². The number of hydrogen-bond donors (Lipinski definition) is 1. The van der Waals surface area contributed by atoms with E-state index < -0.39 is 0 Å². The highest BCUT2D eigenvalue weighted by Gasteiger charge is 2.15. The zero-order chi connectivity index (χ0) is 16.7. The van der Waals surface area contributed by atoms with Crippen LogP contribution in [0.5, 0.6) is 5.75 Å². The average molecular weight is 376 g/mol. The summed E-state index contributed by atoms with van der Waals surface area (Å²) in [4.78, 5) is 2.42. The minimum Gasteiger partial charge on any atom is -1.00 e. The van der Waals surface area contributed by atoms with Crippen LogP contribution in [0.2, 0.25) is 5.02 Å². The van der Waals surface area contributed by atoms with E-state index in [9.17, 15) is 0 Å². The van der Waals surface area contributed by atoms with Gasteiger partial charge in [-0.2, -0.15) is 0 Å². The number of hydrogen-bond acceptors (Lipinski definition) is 4. The van der Waals surface area contributed by atoms with E-state index in [1.165, 1.54) is 5.56 Å². The molecule has 0 unspecified atom stereocenters. The molecule has 1 aromatic carbocycles. The van der Waals surface area contributed by atoms with Gasteiger partial charge in [0.2, 0.25) is 0 Å². The monoisotopic (exact) mass is 375 g/mol. The molecule has 4 nitrogen and oxygen atoms in total. The number of ether oxygens (including phenoxy) is 2. The van der Waals surface area contributed by atoms with Crippen molar-refractivity contribution in [1.82, 2.24) is 10.2 Å². The number of nitrogens with zero attached hydrogens (tertiary/aromatic N) is 1. The Morgan fingerprint density at radius 3 is 2.54 bits per heavy atom. The fourth-order valence-electron chi connectivity index (χ4n) is 2.50. The molecule has 0 aliphatic carbocycles. The van der Waals surface area contributed by atoms with Crippen molar-refractivity contribution in [1.29, 1.82) is 0 Å². The molecule has 1 N–H and O–H groups in total. The van der Waals surface area contributed by atoms with Gasteiger partial charge in [0.05, 0.1) is 18.2 Å². The van der Waals surface area contributed by atoms with Gasteiger partial charge in [0.15, 0.2) is 0 Å². The molecule has 6 heteroatoms. The number of morpholine rings is 1. The van der Waals surface area contributed by atoms with Crippen LogP contribution in [0.15, 0.2) is 18.2 Å². The fraction of sp³-hybridized carbons (Fsp3) is 0.667. The van der Waals surface area contributed by atoms with Crippen LogP contribution in [-0.2, 0) is 10.2 Å². The summed E-state index contributed by atoms with van der Waals surface area (Å²) in [5.41, 5.74) is 1.32. The summed E-state index contributed by atoms with van der Waals surface area (Å²) in [6.07, 6.45) is 0. The Hall–Kier alpha value is -0.520. The molecule has 0 spiro atoms. The Labute approximate surface area is 157 Å². The molecular weight excluding hydrogens is 347 g/mol. The maximum absolute atomic E-state index is 6.31. The zero-order valence-corrected chi connectivity index (χ0v) is 16.4. The summed E-state index contributed by atoms with van der Waals surface area (Å²) in [6, 6.07) is 6.06. The lowest BCUT2D eigenvalue weighted by Gasteiger charge is -2.26. The van der Waals surface area contributed by atoms with E-state index in [1.54, 1.807) is 0 Å². The minimum absolute atomic E-state index is 0. The number of benzene rings is 1. The van der Waals surface area contributed by atoms with Crippen molar-refractivity contribution in [3.05, 3.63) is 28.8 Å². The van der Waals surface area contributed by atoms with Gasteiger partial charge in [-0.15, -0.1) is 0 Å². The first-order chi connectivity index (χ1) is 11.0. The van der Waals surface area contributed by atoms with Crippen molar-refractivity contribution < 1.29 is 21.9 Å². The van der Waals surface area contributed by atoms with Crippen LogP contribution in [0, 0.1) is 0 Å². The maximum atomic E-state index is 6.31. The molecule has 1 saturated heterocycles. The summed E-state index contributed by atoms with van der Waals surface area (Å²) in [6.45, 7) is 13.8. The largest absolute Gasteiger partial charge is 1.00 e. The highest BCUT2D eigenvalue weighted by Crippen LogP contribution is 2.31. The fourth-order valence-corrected chi connectivity index (χ4v) is 2.74. The molecule has 0 saturated carbocycles. The molecule has 0 atom stereocenters. The van der Waals surface area contributed by atoms with Gasteiger partial charge in [-0.25, -0.2) is 0 Å². The molecule has 0 aromatic heterocycles. The molecule has 1 aromatic rings. The summed E-state index contributed by atoms with van der Waals surface area (Å²) in [5, 5.41) is 4.09. The van der Waals surface area contributed by atoms with Crippen molar-refractivity contribution in [2.45, 2.75) is 26.2 Å². The highest BCUT2D eigenvalue weighted by atomic mass is 35.5. The zero-order valence-electron chi connectivity index (χ0n) is 14.9. The number of nitrogens with one attached hydrogen (secondary N) is 1. The molecule has 0 amide bonds. The van der Waals surface area contributed by atoms with Crippen LogP contribution < -0.4 is 22.5 Å². The van der Waals surface area contributed by atoms with Gasteiger partial charge in [-0.3, -0.25) is 4.90 Å². The van der Waals surface area contributed by atoms with Crippen molar-refractivity contribution in [2.24, 2.45) is 0 Å². The van der Waals surface area contributed by atoms with Gasteiger partial charge in [0.25, 0.3) is 0 Å². The summed E-state index contributed by atoms with van der Waals surface area (Å²) in [7, 11) is 0. The second-order valence-electron chi connectivity index (χ2n) is 6.95. The normalized spacial score (nSPS) is 15.8. The van der Waals surface area contributed by atoms with Gasteiger partial charge < -0.3 is 27.2 Å². The first kappa shape index (κ1) is 21.5. The van der Waals surface area contributed by atoms with Crippen LogP contribution in [0.25, 0.3) is 0 Å². The Balaban J connectivity index is 0.00000288. The third-order valence-corrected chi connectivity index (χ3v) is 4.34.